The van der Waals surface area contributed by atoms with Gasteiger partial charge in [-0.1, -0.05) is 58.0 Å². The van der Waals surface area contributed by atoms with Gasteiger partial charge in [-0.3, -0.25) is 4.79 Å². The van der Waals surface area contributed by atoms with Crippen LogP contribution >= 0.6 is 11.3 Å². The van der Waals surface area contributed by atoms with Crippen molar-refractivity contribution in [3.63, 3.8) is 0 Å². The molecule has 0 N–H and O–H groups in total. The summed E-state index contributed by atoms with van der Waals surface area (Å²) < 4.78 is 20.2. The number of carbonyl (C=O) groups is 1. The van der Waals surface area contributed by atoms with Gasteiger partial charge in [0.25, 0.3) is 5.91 Å². The molecule has 0 aliphatic carbocycles. The Labute approximate surface area is 187 Å². The molecule has 3 aromatic rings. The van der Waals surface area contributed by atoms with E-state index in [9.17, 15) is 9.18 Å². The predicted molar refractivity (Wildman–Crippen MR) is 123 cm³/mol. The number of para-hydroxylation sites is 1. The van der Waals surface area contributed by atoms with Crippen LogP contribution in [0.3, 0.4) is 0 Å². The molecule has 0 atom stereocenters. The van der Waals surface area contributed by atoms with Gasteiger partial charge >= 0.3 is 0 Å². The highest BCUT2D eigenvalue weighted by molar-refractivity contribution is 7.09. The maximum Gasteiger partial charge on any atom is 0.257 e. The Balaban J connectivity index is 1.70. The van der Waals surface area contributed by atoms with Crippen LogP contribution in [-0.4, -0.2) is 22.3 Å². The lowest BCUT2D eigenvalue weighted by atomic mass is 10.0. The van der Waals surface area contributed by atoms with Crippen molar-refractivity contribution in [3.05, 3.63) is 81.6 Å². The van der Waals surface area contributed by atoms with Crippen molar-refractivity contribution in [2.45, 2.75) is 46.8 Å². The van der Waals surface area contributed by atoms with E-state index in [4.69, 9.17) is 4.74 Å². The van der Waals surface area contributed by atoms with Crippen molar-refractivity contribution in [2.24, 2.45) is 5.92 Å². The normalized spacial score (nSPS) is 11.2. The number of hydrogen-bond donors (Lipinski definition) is 0. The van der Waals surface area contributed by atoms with Crippen LogP contribution in [0, 0.1) is 11.7 Å². The molecule has 0 saturated carbocycles. The highest BCUT2D eigenvalue weighted by Gasteiger charge is 2.21. The predicted octanol–water partition coefficient (Wildman–Crippen LogP) is 6.28. The number of rotatable bonds is 9. The Morgan fingerprint density at radius 1 is 1.10 bits per heavy atom. The average molecular weight is 441 g/mol. The van der Waals surface area contributed by atoms with Crippen molar-refractivity contribution < 1.29 is 13.9 Å². The zero-order valence-corrected chi connectivity index (χ0v) is 19.3. The van der Waals surface area contributed by atoms with Crippen molar-refractivity contribution in [2.75, 3.05) is 6.54 Å². The van der Waals surface area contributed by atoms with Gasteiger partial charge < -0.3 is 9.64 Å². The van der Waals surface area contributed by atoms with Crippen molar-refractivity contribution in [1.82, 2.24) is 9.88 Å². The van der Waals surface area contributed by atoms with Crippen LogP contribution < -0.4 is 4.74 Å². The second-order valence-electron chi connectivity index (χ2n) is 8.27. The van der Waals surface area contributed by atoms with Gasteiger partial charge in [-0.25, -0.2) is 9.37 Å². The van der Waals surface area contributed by atoms with Crippen LogP contribution in [0.2, 0.25) is 0 Å². The van der Waals surface area contributed by atoms with E-state index in [-0.39, 0.29) is 17.4 Å². The standard InChI is InChI=1S/C25H29FN2O2S/c1-17(2)13-28(25(29)21-10-5-7-11-22(21)26)14-19-16-31-24(27-19)15-30-23-12-8-6-9-20(23)18(3)4/h5-12,16-18H,13-15H2,1-4H3. The van der Waals surface area contributed by atoms with E-state index >= 15 is 0 Å². The topological polar surface area (TPSA) is 42.4 Å². The Kier molecular flexibility index (Phi) is 7.80. The average Bonchev–Trinajstić information content (AvgIpc) is 3.19. The van der Waals surface area contributed by atoms with E-state index in [1.54, 1.807) is 17.0 Å². The summed E-state index contributed by atoms with van der Waals surface area (Å²) in [6.07, 6.45) is 0. The lowest BCUT2D eigenvalue weighted by Gasteiger charge is -2.24. The van der Waals surface area contributed by atoms with Gasteiger partial charge in [-0.2, -0.15) is 0 Å². The highest BCUT2D eigenvalue weighted by Crippen LogP contribution is 2.27. The minimum Gasteiger partial charge on any atom is -0.486 e. The number of carbonyl (C=O) groups excluding carboxylic acids is 1. The first kappa shape index (κ1) is 22.9. The van der Waals surface area contributed by atoms with Crippen LogP contribution in [0.25, 0.3) is 0 Å². The molecule has 0 radical (unpaired) electrons. The van der Waals surface area contributed by atoms with Crippen LogP contribution in [0.5, 0.6) is 5.75 Å². The molecule has 1 amide bonds. The molecule has 0 unspecified atom stereocenters. The summed E-state index contributed by atoms with van der Waals surface area (Å²) in [6.45, 7) is 9.59. The zero-order valence-electron chi connectivity index (χ0n) is 18.5. The number of halogens is 1. The Morgan fingerprint density at radius 3 is 2.52 bits per heavy atom. The van der Waals surface area contributed by atoms with Gasteiger partial charge in [-0.15, -0.1) is 11.3 Å². The summed E-state index contributed by atoms with van der Waals surface area (Å²) in [6, 6.07) is 14.1. The molecule has 0 aliphatic heterocycles. The molecule has 6 heteroatoms. The first-order valence-corrected chi connectivity index (χ1v) is 11.4. The summed E-state index contributed by atoms with van der Waals surface area (Å²) in [5.41, 5.74) is 2.04. The summed E-state index contributed by atoms with van der Waals surface area (Å²) in [7, 11) is 0. The molecular weight excluding hydrogens is 411 g/mol. The molecule has 0 spiro atoms. The van der Waals surface area contributed by atoms with Crippen molar-refractivity contribution in [3.8, 4) is 5.75 Å². The van der Waals surface area contributed by atoms with Crippen molar-refractivity contribution in [1.29, 1.82) is 0 Å². The van der Waals surface area contributed by atoms with Gasteiger partial charge in [0.15, 0.2) is 0 Å². The molecule has 1 aromatic heterocycles. The maximum absolute atomic E-state index is 14.2. The van der Waals surface area contributed by atoms with Crippen LogP contribution in [-0.2, 0) is 13.2 Å². The molecular formula is C25H29FN2O2S. The van der Waals surface area contributed by atoms with Crippen molar-refractivity contribution >= 4 is 17.2 Å². The number of hydrogen-bond acceptors (Lipinski definition) is 4. The second-order valence-corrected chi connectivity index (χ2v) is 9.22. The molecule has 31 heavy (non-hydrogen) atoms. The fraction of sp³-hybridized carbons (Fsp3) is 0.360. The third-order valence-corrected chi connectivity index (χ3v) is 5.69. The summed E-state index contributed by atoms with van der Waals surface area (Å²) in [4.78, 5) is 19.3. The molecule has 0 aliphatic rings. The quantitative estimate of drug-likeness (QED) is 0.393. The molecule has 4 nitrogen and oxygen atoms in total. The zero-order chi connectivity index (χ0) is 22.4. The van der Waals surface area contributed by atoms with Gasteiger partial charge in [-0.05, 0) is 35.6 Å². The molecule has 1 heterocycles. The SMILES string of the molecule is CC(C)CN(Cc1csc(COc2ccccc2C(C)C)n1)C(=O)c1ccccc1F. The monoisotopic (exact) mass is 440 g/mol. The van der Waals surface area contributed by atoms with E-state index < -0.39 is 5.82 Å². The first-order chi connectivity index (χ1) is 14.8. The van der Waals surface area contributed by atoms with E-state index in [2.05, 4.69) is 24.9 Å². The van der Waals surface area contributed by atoms with Gasteiger partial charge in [0, 0.05) is 11.9 Å². The minimum atomic E-state index is -0.502. The molecule has 0 saturated heterocycles. The Bertz CT molecular complexity index is 1020. The van der Waals surface area contributed by atoms with E-state index in [1.165, 1.54) is 23.5 Å². The molecule has 164 valence electrons. The Hall–Kier alpha value is -2.73. The molecule has 2 aromatic carbocycles. The van der Waals surface area contributed by atoms with Gasteiger partial charge in [0.05, 0.1) is 17.8 Å². The summed E-state index contributed by atoms with van der Waals surface area (Å²) >= 11 is 1.51. The van der Waals surface area contributed by atoms with E-state index in [0.29, 0.717) is 25.6 Å². The van der Waals surface area contributed by atoms with Crippen LogP contribution in [0.15, 0.2) is 53.9 Å². The van der Waals surface area contributed by atoms with E-state index in [0.717, 1.165) is 22.0 Å². The number of amides is 1. The molecule has 0 fully saturated rings. The number of benzene rings is 2. The minimum absolute atomic E-state index is 0.0900. The smallest absolute Gasteiger partial charge is 0.257 e. The summed E-state index contributed by atoms with van der Waals surface area (Å²) in [5.74, 6) is 0.674. The maximum atomic E-state index is 14.2. The fourth-order valence-electron chi connectivity index (χ4n) is 3.38. The van der Waals surface area contributed by atoms with Gasteiger partial charge in [0.1, 0.15) is 23.2 Å². The largest absolute Gasteiger partial charge is 0.486 e. The number of aromatic nitrogens is 1. The van der Waals surface area contributed by atoms with E-state index in [1.807, 2.05) is 37.4 Å². The fourth-order valence-corrected chi connectivity index (χ4v) is 4.07. The third kappa shape index (κ3) is 6.14. The Morgan fingerprint density at radius 2 is 1.81 bits per heavy atom. The van der Waals surface area contributed by atoms with Gasteiger partial charge in [0.2, 0.25) is 0 Å². The lowest BCUT2D eigenvalue weighted by molar-refractivity contribution is 0.0716. The lowest BCUT2D eigenvalue weighted by Crippen LogP contribution is -2.34. The summed E-state index contributed by atoms with van der Waals surface area (Å²) in [5, 5.41) is 2.78. The molecule has 3 rings (SSSR count). The second kappa shape index (κ2) is 10.5. The number of nitrogens with zero attached hydrogens (tertiary/aromatic N) is 2. The first-order valence-electron chi connectivity index (χ1n) is 10.5. The van der Waals surface area contributed by atoms with Crippen LogP contribution in [0.1, 0.15) is 60.2 Å². The van der Waals surface area contributed by atoms with Crippen LogP contribution in [0.4, 0.5) is 4.39 Å². The molecule has 0 bridgehead atoms. The number of ether oxygens (including phenoxy) is 1. The third-order valence-electron chi connectivity index (χ3n) is 4.82. The highest BCUT2D eigenvalue weighted by atomic mass is 32.1. The number of thiazole rings is 1.